The molecule has 1 amide bonds. The zero-order valence-corrected chi connectivity index (χ0v) is 18.8. The molecule has 0 saturated carbocycles. The Morgan fingerprint density at radius 2 is 1.56 bits per heavy atom. The Morgan fingerprint density at radius 3 is 2.15 bits per heavy atom. The number of carbonyl (C=O) groups is 1. The van der Waals surface area contributed by atoms with E-state index in [9.17, 15) is 14.7 Å². The summed E-state index contributed by atoms with van der Waals surface area (Å²) in [7, 11) is 0. The minimum Gasteiger partial charge on any atom is -0.503 e. The normalized spacial score (nSPS) is 14.7. The van der Waals surface area contributed by atoms with Gasteiger partial charge in [0.25, 0.3) is 5.56 Å². The first-order chi connectivity index (χ1) is 16.5. The van der Waals surface area contributed by atoms with Crippen LogP contribution in [-0.4, -0.2) is 46.8 Å². The summed E-state index contributed by atoms with van der Waals surface area (Å²) in [6.45, 7) is 4.42. The highest BCUT2D eigenvalue weighted by molar-refractivity contribution is 5.78. The van der Waals surface area contributed by atoms with Gasteiger partial charge in [-0.1, -0.05) is 36.1 Å². The number of nitrogens with two attached hydrogens (primary N) is 1. The number of aromatic hydroxyl groups is 1. The first-order valence-electron chi connectivity index (χ1n) is 11.2. The molecule has 4 rings (SSSR count). The summed E-state index contributed by atoms with van der Waals surface area (Å²) in [5.41, 5.74) is 8.74. The van der Waals surface area contributed by atoms with Crippen LogP contribution in [0.4, 0.5) is 0 Å². The number of pyridine rings is 1. The third kappa shape index (κ3) is 5.93. The fraction of sp³-hybridized carbons (Fsp3) is 0.259. The lowest BCUT2D eigenvalue weighted by molar-refractivity contribution is -0.121. The van der Waals surface area contributed by atoms with E-state index in [0.717, 1.165) is 54.1 Å². The number of aromatic nitrogens is 1. The molecule has 0 bridgehead atoms. The number of hydrogen-bond donors (Lipinski definition) is 2. The van der Waals surface area contributed by atoms with E-state index < -0.39 is 23.3 Å². The maximum atomic E-state index is 12.2. The van der Waals surface area contributed by atoms with Crippen LogP contribution in [0.15, 0.2) is 71.7 Å². The van der Waals surface area contributed by atoms with Crippen molar-refractivity contribution in [1.29, 1.82) is 0 Å². The highest BCUT2D eigenvalue weighted by atomic mass is 16.5. The predicted octanol–water partition coefficient (Wildman–Crippen LogP) is 2.06. The van der Waals surface area contributed by atoms with Gasteiger partial charge in [0, 0.05) is 43.4 Å². The van der Waals surface area contributed by atoms with E-state index in [2.05, 4.69) is 28.9 Å². The van der Waals surface area contributed by atoms with Crippen LogP contribution in [0.2, 0.25) is 0 Å². The SMILES string of the molecule is NC(=O)C(Cc1ccc(C#Cc2ccc(CN3CCOCC3)cc2)cc1)n1cccc(O)c1=O. The van der Waals surface area contributed by atoms with E-state index >= 15 is 0 Å². The quantitative estimate of drug-likeness (QED) is 0.552. The van der Waals surface area contributed by atoms with E-state index in [0.29, 0.717) is 0 Å². The topological polar surface area (TPSA) is 97.8 Å². The van der Waals surface area contributed by atoms with Crippen molar-refractivity contribution in [3.63, 3.8) is 0 Å². The van der Waals surface area contributed by atoms with Gasteiger partial charge in [0.2, 0.25) is 5.91 Å². The third-order valence-electron chi connectivity index (χ3n) is 5.82. The average Bonchev–Trinajstić information content (AvgIpc) is 2.85. The van der Waals surface area contributed by atoms with E-state index in [-0.39, 0.29) is 6.42 Å². The molecular formula is C27H27N3O4. The zero-order valence-electron chi connectivity index (χ0n) is 18.8. The molecule has 1 unspecified atom stereocenters. The highest BCUT2D eigenvalue weighted by Gasteiger charge is 2.20. The lowest BCUT2D eigenvalue weighted by atomic mass is 10.0. The third-order valence-corrected chi connectivity index (χ3v) is 5.82. The molecule has 7 heteroatoms. The standard InChI is InChI=1S/C27H27N3O4/c28-26(32)24(30-13-1-2-25(31)27(30)33)18-22-9-5-20(6-10-22)3-4-21-7-11-23(12-8-21)19-29-14-16-34-17-15-29/h1-2,5-13,24,31H,14-19H2,(H2,28,32). The Morgan fingerprint density at radius 1 is 0.971 bits per heavy atom. The van der Waals surface area contributed by atoms with Gasteiger partial charge in [0.1, 0.15) is 6.04 Å². The van der Waals surface area contributed by atoms with Gasteiger partial charge >= 0.3 is 0 Å². The molecule has 174 valence electrons. The molecular weight excluding hydrogens is 430 g/mol. The maximum Gasteiger partial charge on any atom is 0.293 e. The van der Waals surface area contributed by atoms with Gasteiger partial charge in [-0.2, -0.15) is 0 Å². The van der Waals surface area contributed by atoms with Crippen LogP contribution < -0.4 is 11.3 Å². The molecule has 2 aromatic carbocycles. The molecule has 7 nitrogen and oxygen atoms in total. The summed E-state index contributed by atoms with van der Waals surface area (Å²) in [4.78, 5) is 26.5. The van der Waals surface area contributed by atoms with Crippen LogP contribution in [0.1, 0.15) is 28.3 Å². The second-order valence-corrected chi connectivity index (χ2v) is 8.26. The van der Waals surface area contributed by atoms with Gasteiger partial charge in [-0.05, 0) is 47.5 Å². The Balaban J connectivity index is 1.40. The van der Waals surface area contributed by atoms with Gasteiger partial charge < -0.3 is 15.6 Å². The number of hydrogen-bond acceptors (Lipinski definition) is 5. The van der Waals surface area contributed by atoms with Crippen molar-refractivity contribution in [2.45, 2.75) is 19.0 Å². The summed E-state index contributed by atoms with van der Waals surface area (Å²) in [5, 5.41) is 9.67. The fourth-order valence-corrected chi connectivity index (χ4v) is 3.88. The van der Waals surface area contributed by atoms with Crippen LogP contribution in [0.25, 0.3) is 0 Å². The monoisotopic (exact) mass is 457 g/mol. The second kappa shape index (κ2) is 10.8. The molecule has 0 radical (unpaired) electrons. The van der Waals surface area contributed by atoms with Gasteiger partial charge in [0.15, 0.2) is 5.75 Å². The number of benzene rings is 2. The lowest BCUT2D eigenvalue weighted by Crippen LogP contribution is -2.35. The van der Waals surface area contributed by atoms with E-state index in [1.165, 1.54) is 23.9 Å². The molecule has 0 spiro atoms. The van der Waals surface area contributed by atoms with Gasteiger partial charge in [-0.15, -0.1) is 0 Å². The molecule has 1 aliphatic rings. The van der Waals surface area contributed by atoms with Crippen LogP contribution in [-0.2, 0) is 22.5 Å². The number of carbonyl (C=O) groups excluding carboxylic acids is 1. The molecule has 2 heterocycles. The number of nitrogens with zero attached hydrogens (tertiary/aromatic N) is 2. The summed E-state index contributed by atoms with van der Waals surface area (Å²) in [6, 6.07) is 17.6. The molecule has 1 aromatic heterocycles. The van der Waals surface area contributed by atoms with Crippen molar-refractivity contribution in [3.8, 4) is 17.6 Å². The van der Waals surface area contributed by atoms with Crippen LogP contribution >= 0.6 is 0 Å². The average molecular weight is 458 g/mol. The first kappa shape index (κ1) is 23.3. The van der Waals surface area contributed by atoms with Crippen molar-refractivity contribution >= 4 is 5.91 Å². The van der Waals surface area contributed by atoms with Crippen LogP contribution in [0.5, 0.6) is 5.75 Å². The number of ether oxygens (including phenoxy) is 1. The second-order valence-electron chi connectivity index (χ2n) is 8.26. The first-order valence-corrected chi connectivity index (χ1v) is 11.2. The highest BCUT2D eigenvalue weighted by Crippen LogP contribution is 2.15. The number of primary amides is 1. The number of rotatable bonds is 6. The Kier molecular flexibility index (Phi) is 7.43. The summed E-state index contributed by atoms with van der Waals surface area (Å²) in [6.07, 6.45) is 1.68. The molecule has 1 fully saturated rings. The smallest absolute Gasteiger partial charge is 0.293 e. The van der Waals surface area contributed by atoms with Gasteiger partial charge in [0.05, 0.1) is 13.2 Å². The zero-order chi connectivity index (χ0) is 23.9. The molecule has 1 atom stereocenters. The Hall–Kier alpha value is -3.86. The van der Waals surface area contributed by atoms with E-state index in [4.69, 9.17) is 10.5 Å². The van der Waals surface area contributed by atoms with E-state index in [1.807, 2.05) is 36.4 Å². The minimum absolute atomic E-state index is 0.233. The number of amides is 1. The molecule has 3 N–H and O–H groups in total. The van der Waals surface area contributed by atoms with Crippen molar-refractivity contribution < 1.29 is 14.6 Å². The molecule has 1 aliphatic heterocycles. The number of morpholine rings is 1. The minimum atomic E-state index is -0.896. The Labute approximate surface area is 198 Å². The lowest BCUT2D eigenvalue weighted by Gasteiger charge is -2.26. The van der Waals surface area contributed by atoms with E-state index in [1.54, 1.807) is 0 Å². The van der Waals surface area contributed by atoms with Crippen molar-refractivity contribution in [1.82, 2.24) is 9.47 Å². The van der Waals surface area contributed by atoms with Crippen LogP contribution in [0.3, 0.4) is 0 Å². The van der Waals surface area contributed by atoms with Crippen molar-refractivity contribution in [2.24, 2.45) is 5.73 Å². The maximum absolute atomic E-state index is 12.2. The van der Waals surface area contributed by atoms with Gasteiger partial charge in [-0.3, -0.25) is 19.1 Å². The van der Waals surface area contributed by atoms with Crippen molar-refractivity contribution in [3.05, 3.63) is 99.5 Å². The Bertz CT molecular complexity index is 1250. The van der Waals surface area contributed by atoms with Crippen LogP contribution in [0, 0.1) is 11.8 Å². The van der Waals surface area contributed by atoms with Gasteiger partial charge in [-0.25, -0.2) is 0 Å². The summed E-state index contributed by atoms with van der Waals surface area (Å²) >= 11 is 0. The molecule has 3 aromatic rings. The van der Waals surface area contributed by atoms with Crippen molar-refractivity contribution in [2.75, 3.05) is 26.3 Å². The molecule has 1 saturated heterocycles. The largest absolute Gasteiger partial charge is 0.503 e. The molecule has 34 heavy (non-hydrogen) atoms. The molecule has 0 aliphatic carbocycles. The summed E-state index contributed by atoms with van der Waals surface area (Å²) < 4.78 is 6.55. The summed E-state index contributed by atoms with van der Waals surface area (Å²) in [5.74, 6) is 5.27. The fourth-order valence-electron chi connectivity index (χ4n) is 3.88. The predicted molar refractivity (Wildman–Crippen MR) is 129 cm³/mol.